The molecule has 0 saturated carbocycles. The van der Waals surface area contributed by atoms with E-state index in [2.05, 4.69) is 0 Å². The molecule has 4 N–H and O–H groups in total. The van der Waals surface area contributed by atoms with Crippen LogP contribution in [0.4, 0.5) is 4.79 Å². The molecular weight excluding hydrogens is 264 g/mol. The van der Waals surface area contributed by atoms with Gasteiger partial charge in [0.2, 0.25) is 5.91 Å². The monoisotopic (exact) mass is 276 g/mol. The normalized spacial score (nSPS) is 20.8. The number of imide groups is 1. The van der Waals surface area contributed by atoms with Crippen molar-refractivity contribution in [2.45, 2.75) is 24.9 Å². The summed E-state index contributed by atoms with van der Waals surface area (Å²) in [5, 5.41) is 16.6. The highest BCUT2D eigenvalue weighted by molar-refractivity contribution is 8.14. The first-order valence-corrected chi connectivity index (χ1v) is 6.03. The molecule has 8 nitrogen and oxygen atoms in total. The van der Waals surface area contributed by atoms with Crippen LogP contribution in [0.5, 0.6) is 0 Å². The molecule has 0 bridgehead atoms. The van der Waals surface area contributed by atoms with Gasteiger partial charge in [-0.2, -0.15) is 0 Å². The SMILES string of the molecule is N[C@@H](CCC(=O)O)C(=O)N1C(=O)SCC1C(=O)O. The minimum Gasteiger partial charge on any atom is -0.481 e. The van der Waals surface area contributed by atoms with Gasteiger partial charge in [0.05, 0.1) is 6.04 Å². The van der Waals surface area contributed by atoms with E-state index in [-0.39, 0.29) is 18.6 Å². The first-order valence-electron chi connectivity index (χ1n) is 5.04. The summed E-state index contributed by atoms with van der Waals surface area (Å²) >= 11 is 0.725. The second kappa shape index (κ2) is 5.83. The van der Waals surface area contributed by atoms with Crippen LogP contribution in [0, 0.1) is 0 Å². The number of carboxylic acid groups (broad SMARTS) is 2. The lowest BCUT2D eigenvalue weighted by molar-refractivity contribution is -0.146. The van der Waals surface area contributed by atoms with E-state index in [1.54, 1.807) is 0 Å². The van der Waals surface area contributed by atoms with E-state index in [1.165, 1.54) is 0 Å². The second-order valence-corrected chi connectivity index (χ2v) is 4.65. The summed E-state index contributed by atoms with van der Waals surface area (Å²) in [7, 11) is 0. The maximum Gasteiger partial charge on any atom is 0.327 e. The summed E-state index contributed by atoms with van der Waals surface area (Å²) in [6, 6.07) is -2.42. The van der Waals surface area contributed by atoms with Gasteiger partial charge in [0, 0.05) is 12.2 Å². The minimum atomic E-state index is -1.29. The maximum atomic E-state index is 11.8. The number of carbonyl (C=O) groups excluding carboxylic acids is 2. The van der Waals surface area contributed by atoms with Crippen molar-refractivity contribution in [3.8, 4) is 0 Å². The highest BCUT2D eigenvalue weighted by Crippen LogP contribution is 2.25. The number of hydrogen-bond acceptors (Lipinski definition) is 6. The molecule has 0 aromatic heterocycles. The van der Waals surface area contributed by atoms with Gasteiger partial charge in [0.15, 0.2) is 0 Å². The Hall–Kier alpha value is -1.61. The topological polar surface area (TPSA) is 138 Å². The number of rotatable bonds is 5. The molecule has 0 aromatic carbocycles. The van der Waals surface area contributed by atoms with E-state index in [1.807, 2.05) is 0 Å². The zero-order chi connectivity index (χ0) is 13.9. The fourth-order valence-corrected chi connectivity index (χ4v) is 2.38. The number of amides is 2. The zero-order valence-corrected chi connectivity index (χ0v) is 10.1. The van der Waals surface area contributed by atoms with E-state index in [4.69, 9.17) is 15.9 Å². The van der Waals surface area contributed by atoms with Gasteiger partial charge in [-0.15, -0.1) is 0 Å². The molecule has 1 heterocycles. The first-order chi connectivity index (χ1) is 8.34. The largest absolute Gasteiger partial charge is 0.481 e. The Morgan fingerprint density at radius 1 is 1.44 bits per heavy atom. The molecule has 2 atom stereocenters. The van der Waals surface area contributed by atoms with Gasteiger partial charge in [0.25, 0.3) is 5.24 Å². The molecule has 9 heteroatoms. The molecule has 0 radical (unpaired) electrons. The van der Waals surface area contributed by atoms with E-state index in [0.29, 0.717) is 4.90 Å². The third-order valence-electron chi connectivity index (χ3n) is 2.38. The average Bonchev–Trinajstić information content (AvgIpc) is 2.67. The third-order valence-corrected chi connectivity index (χ3v) is 3.31. The molecule has 0 aliphatic carbocycles. The van der Waals surface area contributed by atoms with Crippen molar-refractivity contribution in [2.75, 3.05) is 5.75 Å². The summed E-state index contributed by atoms with van der Waals surface area (Å²) in [5.41, 5.74) is 5.46. The molecule has 1 rings (SSSR count). The standard InChI is InChI=1S/C9H12N2O6S/c10-4(1-2-6(12)13)7(14)11-5(8(15)16)3-18-9(11)17/h4-5H,1-3,10H2,(H,12,13)(H,15,16)/t4-,5?/m0/s1. The van der Waals surface area contributed by atoms with Gasteiger partial charge < -0.3 is 15.9 Å². The zero-order valence-electron chi connectivity index (χ0n) is 9.24. The van der Waals surface area contributed by atoms with Crippen LogP contribution in [0.3, 0.4) is 0 Å². The van der Waals surface area contributed by atoms with Crippen molar-refractivity contribution in [3.63, 3.8) is 0 Å². The van der Waals surface area contributed by atoms with E-state index < -0.39 is 35.2 Å². The summed E-state index contributed by atoms with van der Waals surface area (Å²) < 4.78 is 0. The lowest BCUT2D eigenvalue weighted by Gasteiger charge is -2.21. The molecule has 0 aromatic rings. The van der Waals surface area contributed by atoms with Gasteiger partial charge in [0.1, 0.15) is 6.04 Å². The van der Waals surface area contributed by atoms with Crippen LogP contribution in [0.15, 0.2) is 0 Å². The van der Waals surface area contributed by atoms with Crippen LogP contribution in [-0.4, -0.2) is 56.0 Å². The number of carbonyl (C=O) groups is 4. The number of thioether (sulfide) groups is 1. The van der Waals surface area contributed by atoms with E-state index in [9.17, 15) is 19.2 Å². The Labute approximate surface area is 106 Å². The fraction of sp³-hybridized carbons (Fsp3) is 0.556. The van der Waals surface area contributed by atoms with Crippen LogP contribution in [-0.2, 0) is 14.4 Å². The smallest absolute Gasteiger partial charge is 0.327 e. The molecule has 1 aliphatic heterocycles. The summed E-state index contributed by atoms with van der Waals surface area (Å²) in [6.07, 6.45) is -0.464. The van der Waals surface area contributed by atoms with Crippen LogP contribution in [0.25, 0.3) is 0 Å². The number of carboxylic acids is 2. The van der Waals surface area contributed by atoms with Crippen molar-refractivity contribution in [1.29, 1.82) is 0 Å². The molecule has 1 aliphatic rings. The quantitative estimate of drug-likeness (QED) is 0.600. The second-order valence-electron chi connectivity index (χ2n) is 3.68. The molecule has 100 valence electrons. The highest BCUT2D eigenvalue weighted by atomic mass is 32.2. The summed E-state index contributed by atoms with van der Waals surface area (Å²) in [6.45, 7) is 0. The Morgan fingerprint density at radius 2 is 2.06 bits per heavy atom. The lowest BCUT2D eigenvalue weighted by Crippen LogP contribution is -2.50. The average molecular weight is 276 g/mol. The van der Waals surface area contributed by atoms with Crippen molar-refractivity contribution in [1.82, 2.24) is 4.90 Å². The fourth-order valence-electron chi connectivity index (χ4n) is 1.43. The van der Waals surface area contributed by atoms with Crippen molar-refractivity contribution >= 4 is 34.8 Å². The van der Waals surface area contributed by atoms with Crippen molar-refractivity contribution in [3.05, 3.63) is 0 Å². The molecule has 1 unspecified atom stereocenters. The van der Waals surface area contributed by atoms with Crippen molar-refractivity contribution in [2.24, 2.45) is 5.73 Å². The summed E-state index contributed by atoms with van der Waals surface area (Å²) in [5.74, 6) is -3.27. The van der Waals surface area contributed by atoms with Gasteiger partial charge >= 0.3 is 11.9 Å². The number of nitrogens with zero attached hydrogens (tertiary/aromatic N) is 1. The van der Waals surface area contributed by atoms with Crippen LogP contribution < -0.4 is 5.73 Å². The van der Waals surface area contributed by atoms with E-state index in [0.717, 1.165) is 11.8 Å². The Kier molecular flexibility index (Phi) is 4.68. The van der Waals surface area contributed by atoms with E-state index >= 15 is 0 Å². The molecule has 1 saturated heterocycles. The van der Waals surface area contributed by atoms with Crippen LogP contribution in [0.1, 0.15) is 12.8 Å². The predicted molar refractivity (Wildman–Crippen MR) is 61.0 cm³/mol. The lowest BCUT2D eigenvalue weighted by atomic mass is 10.1. The van der Waals surface area contributed by atoms with Gasteiger partial charge in [-0.1, -0.05) is 11.8 Å². The van der Waals surface area contributed by atoms with Gasteiger partial charge in [-0.3, -0.25) is 19.3 Å². The number of hydrogen-bond donors (Lipinski definition) is 3. The maximum absolute atomic E-state index is 11.8. The highest BCUT2D eigenvalue weighted by Gasteiger charge is 2.42. The Bertz CT molecular complexity index is 399. The molecule has 0 spiro atoms. The minimum absolute atomic E-state index is 0.0223. The Balaban J connectivity index is 2.71. The molecular formula is C9H12N2O6S. The number of aliphatic carboxylic acids is 2. The summed E-state index contributed by atoms with van der Waals surface area (Å²) in [4.78, 5) is 45.0. The van der Waals surface area contributed by atoms with Crippen LogP contribution in [0.2, 0.25) is 0 Å². The van der Waals surface area contributed by atoms with Crippen molar-refractivity contribution < 1.29 is 29.4 Å². The predicted octanol–water partition coefficient (Wildman–Crippen LogP) is -0.673. The molecule has 18 heavy (non-hydrogen) atoms. The number of nitrogens with two attached hydrogens (primary N) is 1. The molecule has 2 amide bonds. The first kappa shape index (κ1) is 14.5. The molecule has 1 fully saturated rings. The van der Waals surface area contributed by atoms with Gasteiger partial charge in [-0.25, -0.2) is 4.79 Å². The van der Waals surface area contributed by atoms with Gasteiger partial charge in [-0.05, 0) is 6.42 Å². The Morgan fingerprint density at radius 3 is 2.56 bits per heavy atom. The third kappa shape index (κ3) is 3.20. The van der Waals surface area contributed by atoms with Crippen LogP contribution >= 0.6 is 11.8 Å².